The summed E-state index contributed by atoms with van der Waals surface area (Å²) in [4.78, 5) is 20.8. The Balaban J connectivity index is 2.16. The van der Waals surface area contributed by atoms with Gasteiger partial charge in [-0.05, 0) is 37.2 Å². The van der Waals surface area contributed by atoms with Crippen molar-refractivity contribution in [2.45, 2.75) is 46.6 Å². The highest BCUT2D eigenvalue weighted by molar-refractivity contribution is 6.29. The molecule has 1 fully saturated rings. The number of hydrogen-bond acceptors (Lipinski definition) is 4. The fourth-order valence-electron chi connectivity index (χ4n) is 3.10. The molecule has 3 atom stereocenters. The van der Waals surface area contributed by atoms with Crippen molar-refractivity contribution in [3.8, 4) is 0 Å². The minimum Gasteiger partial charge on any atom is -0.327 e. The molecule has 1 heterocycles. The standard InChI is InChI=1S/C15H23ClN4O/c1-8-7-12(16)19-14(18-8)20-13(21)10-5-6-11(17)9(2)15(10,3)4/h7,9-11H,5-6,17H2,1-4H3,(H,18,19,20,21). The predicted molar refractivity (Wildman–Crippen MR) is 84.1 cm³/mol. The summed E-state index contributed by atoms with van der Waals surface area (Å²) in [5.41, 5.74) is 6.70. The molecule has 0 aliphatic heterocycles. The van der Waals surface area contributed by atoms with Crippen molar-refractivity contribution in [3.05, 3.63) is 16.9 Å². The first kappa shape index (κ1) is 16.2. The summed E-state index contributed by atoms with van der Waals surface area (Å²) in [6.45, 7) is 8.13. The fourth-order valence-corrected chi connectivity index (χ4v) is 3.34. The van der Waals surface area contributed by atoms with Gasteiger partial charge in [-0.15, -0.1) is 0 Å². The zero-order chi connectivity index (χ0) is 15.8. The Morgan fingerprint density at radius 1 is 1.43 bits per heavy atom. The van der Waals surface area contributed by atoms with Crippen LogP contribution in [0.25, 0.3) is 0 Å². The second-order valence-electron chi connectivity index (χ2n) is 6.55. The average Bonchev–Trinajstić information content (AvgIpc) is 2.34. The maximum Gasteiger partial charge on any atom is 0.231 e. The van der Waals surface area contributed by atoms with Crippen LogP contribution in [0.15, 0.2) is 6.07 Å². The van der Waals surface area contributed by atoms with Gasteiger partial charge in [0.25, 0.3) is 0 Å². The van der Waals surface area contributed by atoms with Crippen LogP contribution in [0.1, 0.15) is 39.3 Å². The van der Waals surface area contributed by atoms with Gasteiger partial charge >= 0.3 is 0 Å². The third-order valence-electron chi connectivity index (χ3n) is 4.88. The molecule has 3 N–H and O–H groups in total. The van der Waals surface area contributed by atoms with Gasteiger partial charge in [-0.25, -0.2) is 9.97 Å². The number of halogens is 1. The third kappa shape index (κ3) is 3.35. The van der Waals surface area contributed by atoms with Gasteiger partial charge in [-0.1, -0.05) is 32.4 Å². The molecule has 1 aromatic heterocycles. The van der Waals surface area contributed by atoms with Crippen LogP contribution in [0.5, 0.6) is 0 Å². The van der Waals surface area contributed by atoms with Gasteiger partial charge in [-0.2, -0.15) is 0 Å². The summed E-state index contributed by atoms with van der Waals surface area (Å²) in [5, 5.41) is 3.13. The zero-order valence-corrected chi connectivity index (χ0v) is 13.7. The van der Waals surface area contributed by atoms with Crippen molar-refractivity contribution in [1.29, 1.82) is 0 Å². The zero-order valence-electron chi connectivity index (χ0n) is 13.0. The van der Waals surface area contributed by atoms with E-state index in [1.807, 2.05) is 6.92 Å². The van der Waals surface area contributed by atoms with Crippen LogP contribution in [0.2, 0.25) is 5.15 Å². The van der Waals surface area contributed by atoms with E-state index in [0.29, 0.717) is 5.15 Å². The molecule has 1 aliphatic carbocycles. The first-order valence-electron chi connectivity index (χ1n) is 7.29. The van der Waals surface area contributed by atoms with Crippen LogP contribution in [-0.4, -0.2) is 21.9 Å². The summed E-state index contributed by atoms with van der Waals surface area (Å²) >= 11 is 5.90. The molecule has 0 radical (unpaired) electrons. The normalized spacial score (nSPS) is 28.2. The van der Waals surface area contributed by atoms with Crippen LogP contribution in [0.4, 0.5) is 5.95 Å². The van der Waals surface area contributed by atoms with Crippen molar-refractivity contribution < 1.29 is 4.79 Å². The van der Waals surface area contributed by atoms with Gasteiger partial charge in [0, 0.05) is 17.7 Å². The van der Waals surface area contributed by atoms with Crippen LogP contribution >= 0.6 is 11.6 Å². The fraction of sp³-hybridized carbons (Fsp3) is 0.667. The molecule has 116 valence electrons. The molecule has 0 aromatic carbocycles. The highest BCUT2D eigenvalue weighted by Crippen LogP contribution is 2.44. The molecule has 0 bridgehead atoms. The van der Waals surface area contributed by atoms with E-state index in [2.05, 4.69) is 36.1 Å². The lowest BCUT2D eigenvalue weighted by Gasteiger charge is -2.45. The number of nitrogens with zero attached hydrogens (tertiary/aromatic N) is 2. The lowest BCUT2D eigenvalue weighted by molar-refractivity contribution is -0.127. The number of amides is 1. The molecule has 1 aliphatic rings. The minimum atomic E-state index is -0.157. The number of aromatic nitrogens is 2. The third-order valence-corrected chi connectivity index (χ3v) is 5.07. The van der Waals surface area contributed by atoms with Gasteiger partial charge in [-0.3, -0.25) is 10.1 Å². The van der Waals surface area contributed by atoms with E-state index in [-0.39, 0.29) is 35.1 Å². The molecular formula is C15H23ClN4O. The van der Waals surface area contributed by atoms with E-state index in [1.54, 1.807) is 6.07 Å². The molecule has 1 saturated carbocycles. The summed E-state index contributed by atoms with van der Waals surface area (Å²) in [6, 6.07) is 1.80. The molecule has 1 amide bonds. The number of hydrogen-bond donors (Lipinski definition) is 2. The van der Waals surface area contributed by atoms with Gasteiger partial charge in [0.2, 0.25) is 11.9 Å². The largest absolute Gasteiger partial charge is 0.327 e. The van der Waals surface area contributed by atoms with Crippen molar-refractivity contribution >= 4 is 23.5 Å². The summed E-state index contributed by atoms with van der Waals surface area (Å²) in [7, 11) is 0. The van der Waals surface area contributed by atoms with Gasteiger partial charge in [0.15, 0.2) is 0 Å². The number of carbonyl (C=O) groups is 1. The van der Waals surface area contributed by atoms with Crippen molar-refractivity contribution in [1.82, 2.24) is 9.97 Å². The van der Waals surface area contributed by atoms with Crippen molar-refractivity contribution in [2.24, 2.45) is 23.0 Å². The highest BCUT2D eigenvalue weighted by atomic mass is 35.5. The van der Waals surface area contributed by atoms with Gasteiger partial charge < -0.3 is 5.73 Å². The SMILES string of the molecule is Cc1cc(Cl)nc(NC(=O)C2CCC(N)C(C)C2(C)C)n1. The average molecular weight is 311 g/mol. The number of carbonyl (C=O) groups excluding carboxylic acids is 1. The Labute approximate surface area is 130 Å². The van der Waals surface area contributed by atoms with Crippen LogP contribution in [0, 0.1) is 24.2 Å². The molecule has 21 heavy (non-hydrogen) atoms. The lowest BCUT2D eigenvalue weighted by atomic mass is 9.61. The first-order chi connectivity index (χ1) is 9.71. The highest BCUT2D eigenvalue weighted by Gasteiger charge is 2.45. The van der Waals surface area contributed by atoms with E-state index in [1.165, 1.54) is 0 Å². The van der Waals surface area contributed by atoms with Crippen LogP contribution in [0.3, 0.4) is 0 Å². The summed E-state index contributed by atoms with van der Waals surface area (Å²) in [6.07, 6.45) is 1.64. The Hall–Kier alpha value is -1.20. The molecule has 2 rings (SSSR count). The van der Waals surface area contributed by atoms with Crippen LogP contribution < -0.4 is 11.1 Å². The van der Waals surface area contributed by atoms with Crippen LogP contribution in [-0.2, 0) is 4.79 Å². The number of rotatable bonds is 2. The molecular weight excluding hydrogens is 288 g/mol. The summed E-state index contributed by atoms with van der Waals surface area (Å²) < 4.78 is 0. The topological polar surface area (TPSA) is 80.9 Å². The van der Waals surface area contributed by atoms with E-state index < -0.39 is 0 Å². The molecule has 5 nitrogen and oxygen atoms in total. The van der Waals surface area contributed by atoms with Crippen molar-refractivity contribution in [2.75, 3.05) is 5.32 Å². The van der Waals surface area contributed by atoms with E-state index in [0.717, 1.165) is 18.5 Å². The smallest absolute Gasteiger partial charge is 0.231 e. The molecule has 1 aromatic rings. The van der Waals surface area contributed by atoms with Gasteiger partial charge in [0.05, 0.1) is 0 Å². The number of nitrogens with one attached hydrogen (secondary N) is 1. The number of aryl methyl sites for hydroxylation is 1. The predicted octanol–water partition coefficient (Wildman–Crippen LogP) is 2.78. The quantitative estimate of drug-likeness (QED) is 0.823. The maximum atomic E-state index is 12.6. The van der Waals surface area contributed by atoms with E-state index in [9.17, 15) is 4.79 Å². The molecule has 3 unspecified atom stereocenters. The second kappa shape index (κ2) is 5.89. The van der Waals surface area contributed by atoms with E-state index in [4.69, 9.17) is 17.3 Å². The molecule has 0 spiro atoms. The minimum absolute atomic E-state index is 0.0552. The molecule has 6 heteroatoms. The first-order valence-corrected chi connectivity index (χ1v) is 7.67. The van der Waals surface area contributed by atoms with Gasteiger partial charge in [0.1, 0.15) is 5.15 Å². The Morgan fingerprint density at radius 2 is 2.10 bits per heavy atom. The Morgan fingerprint density at radius 3 is 2.71 bits per heavy atom. The monoisotopic (exact) mass is 310 g/mol. The summed E-state index contributed by atoms with van der Waals surface area (Å²) in [5.74, 6) is 0.392. The maximum absolute atomic E-state index is 12.6. The number of anilines is 1. The second-order valence-corrected chi connectivity index (χ2v) is 6.94. The van der Waals surface area contributed by atoms with E-state index >= 15 is 0 Å². The Kier molecular flexibility index (Phi) is 4.54. The van der Waals surface area contributed by atoms with Crippen molar-refractivity contribution in [3.63, 3.8) is 0 Å². The Bertz CT molecular complexity index is 526. The molecule has 0 saturated heterocycles. The lowest BCUT2D eigenvalue weighted by Crippen LogP contribution is -2.50. The number of nitrogens with two attached hydrogens (primary N) is 1.